The van der Waals surface area contributed by atoms with Gasteiger partial charge in [0.2, 0.25) is 0 Å². The summed E-state index contributed by atoms with van der Waals surface area (Å²) in [6, 6.07) is 8.38. The summed E-state index contributed by atoms with van der Waals surface area (Å²) in [5, 5.41) is 0. The van der Waals surface area contributed by atoms with Gasteiger partial charge in [0.15, 0.2) is 0 Å². The van der Waals surface area contributed by atoms with Gasteiger partial charge in [-0.15, -0.1) is 0 Å². The summed E-state index contributed by atoms with van der Waals surface area (Å²) in [5.74, 6) is 1.58. The van der Waals surface area contributed by atoms with E-state index < -0.39 is 0 Å². The van der Waals surface area contributed by atoms with Crippen LogP contribution in [0.25, 0.3) is 0 Å². The van der Waals surface area contributed by atoms with Gasteiger partial charge in [0.1, 0.15) is 11.4 Å². The van der Waals surface area contributed by atoms with Crippen molar-refractivity contribution in [3.05, 3.63) is 29.8 Å². The van der Waals surface area contributed by atoms with E-state index in [0.717, 1.165) is 5.75 Å². The van der Waals surface area contributed by atoms with Crippen molar-refractivity contribution in [1.29, 1.82) is 0 Å². The van der Waals surface area contributed by atoms with Crippen molar-refractivity contribution in [2.24, 2.45) is 5.41 Å². The standard InChI is InChI=1S/C14H20O/c1-10-11-8-6-7-9-12(11)15-14(4,5)13(10,2)3/h6-10H,1-5H3. The molecule has 1 heteroatoms. The second kappa shape index (κ2) is 3.01. The van der Waals surface area contributed by atoms with Crippen molar-refractivity contribution in [3.8, 4) is 5.75 Å². The quantitative estimate of drug-likeness (QED) is 0.621. The molecular weight excluding hydrogens is 184 g/mol. The minimum Gasteiger partial charge on any atom is -0.487 e. The average Bonchev–Trinajstić information content (AvgIpc) is 2.15. The van der Waals surface area contributed by atoms with Gasteiger partial charge in [-0.05, 0) is 31.4 Å². The van der Waals surface area contributed by atoms with E-state index >= 15 is 0 Å². The number of fused-ring (bicyclic) bond motifs is 1. The van der Waals surface area contributed by atoms with Crippen molar-refractivity contribution in [2.45, 2.75) is 46.1 Å². The maximum Gasteiger partial charge on any atom is 0.123 e. The number of hydrogen-bond donors (Lipinski definition) is 0. The van der Waals surface area contributed by atoms with Crippen LogP contribution in [0.2, 0.25) is 0 Å². The molecule has 1 heterocycles. The first-order chi connectivity index (χ1) is 6.86. The van der Waals surface area contributed by atoms with Gasteiger partial charge in [0, 0.05) is 5.41 Å². The average molecular weight is 204 g/mol. The van der Waals surface area contributed by atoms with E-state index in [1.54, 1.807) is 0 Å². The third-order valence-corrected chi connectivity index (χ3v) is 4.38. The Morgan fingerprint density at radius 2 is 1.67 bits per heavy atom. The van der Waals surface area contributed by atoms with Crippen LogP contribution in [0.5, 0.6) is 5.75 Å². The minimum atomic E-state index is -0.110. The smallest absolute Gasteiger partial charge is 0.123 e. The van der Waals surface area contributed by atoms with Crippen LogP contribution in [-0.4, -0.2) is 5.60 Å². The fraction of sp³-hybridized carbons (Fsp3) is 0.571. The second-order valence-corrected chi connectivity index (χ2v) is 5.59. The van der Waals surface area contributed by atoms with Crippen molar-refractivity contribution in [2.75, 3.05) is 0 Å². The molecule has 0 aliphatic carbocycles. The summed E-state index contributed by atoms with van der Waals surface area (Å²) in [6.07, 6.45) is 0. The molecule has 0 N–H and O–H groups in total. The molecule has 1 atom stereocenters. The Hall–Kier alpha value is -0.980. The number of benzene rings is 1. The van der Waals surface area contributed by atoms with Crippen molar-refractivity contribution >= 4 is 0 Å². The molecule has 1 unspecified atom stereocenters. The lowest BCUT2D eigenvalue weighted by molar-refractivity contribution is -0.0431. The van der Waals surface area contributed by atoms with E-state index in [4.69, 9.17) is 4.74 Å². The first-order valence-corrected chi connectivity index (χ1v) is 5.64. The van der Waals surface area contributed by atoms with Crippen LogP contribution in [0, 0.1) is 5.41 Å². The van der Waals surface area contributed by atoms with Gasteiger partial charge >= 0.3 is 0 Å². The van der Waals surface area contributed by atoms with Crippen LogP contribution in [0.15, 0.2) is 24.3 Å². The maximum absolute atomic E-state index is 6.10. The summed E-state index contributed by atoms with van der Waals surface area (Å²) >= 11 is 0. The molecule has 2 rings (SSSR count). The van der Waals surface area contributed by atoms with Gasteiger partial charge < -0.3 is 4.74 Å². The van der Waals surface area contributed by atoms with Crippen LogP contribution in [0.3, 0.4) is 0 Å². The van der Waals surface area contributed by atoms with Crippen LogP contribution >= 0.6 is 0 Å². The zero-order chi connectivity index (χ0) is 11.3. The Morgan fingerprint density at radius 3 is 2.33 bits per heavy atom. The lowest BCUT2D eigenvalue weighted by atomic mass is 9.64. The molecule has 0 saturated heterocycles. The van der Waals surface area contributed by atoms with Gasteiger partial charge in [-0.2, -0.15) is 0 Å². The molecule has 1 nitrogen and oxygen atoms in total. The van der Waals surface area contributed by atoms with Crippen LogP contribution < -0.4 is 4.74 Å². The van der Waals surface area contributed by atoms with E-state index in [1.807, 2.05) is 6.07 Å². The second-order valence-electron chi connectivity index (χ2n) is 5.59. The van der Waals surface area contributed by atoms with Gasteiger partial charge in [-0.25, -0.2) is 0 Å². The molecule has 0 fully saturated rings. The van der Waals surface area contributed by atoms with E-state index in [0.29, 0.717) is 5.92 Å². The molecule has 0 spiro atoms. The number of rotatable bonds is 0. The lowest BCUT2D eigenvalue weighted by Crippen LogP contribution is -2.50. The largest absolute Gasteiger partial charge is 0.487 e. The topological polar surface area (TPSA) is 9.23 Å². The Kier molecular flexibility index (Phi) is 2.11. The fourth-order valence-corrected chi connectivity index (χ4v) is 2.25. The van der Waals surface area contributed by atoms with Gasteiger partial charge in [-0.3, -0.25) is 0 Å². The first kappa shape index (κ1) is 10.5. The molecule has 0 aromatic heterocycles. The van der Waals surface area contributed by atoms with Crippen LogP contribution in [-0.2, 0) is 0 Å². The molecule has 0 bridgehead atoms. The number of hydrogen-bond acceptors (Lipinski definition) is 1. The highest BCUT2D eigenvalue weighted by molar-refractivity contribution is 5.40. The monoisotopic (exact) mass is 204 g/mol. The Morgan fingerprint density at radius 1 is 1.07 bits per heavy atom. The zero-order valence-electron chi connectivity index (χ0n) is 10.3. The summed E-state index contributed by atoms with van der Waals surface area (Å²) in [5.41, 5.74) is 1.38. The zero-order valence-corrected chi connectivity index (χ0v) is 10.3. The Balaban J connectivity index is 2.56. The SMILES string of the molecule is CC1c2ccccc2OC(C)(C)C1(C)C. The van der Waals surface area contributed by atoms with E-state index in [9.17, 15) is 0 Å². The molecule has 1 aromatic carbocycles. The van der Waals surface area contributed by atoms with Crippen LogP contribution in [0.1, 0.15) is 46.1 Å². The predicted molar refractivity (Wildman–Crippen MR) is 63.3 cm³/mol. The summed E-state index contributed by atoms with van der Waals surface area (Å²) < 4.78 is 6.10. The normalized spacial score (nSPS) is 26.6. The highest BCUT2D eigenvalue weighted by Gasteiger charge is 2.47. The van der Waals surface area contributed by atoms with Gasteiger partial charge in [-0.1, -0.05) is 39.0 Å². The summed E-state index contributed by atoms with van der Waals surface area (Å²) in [7, 11) is 0. The van der Waals surface area contributed by atoms with Gasteiger partial charge in [0.25, 0.3) is 0 Å². The molecular formula is C14H20O. The fourth-order valence-electron chi connectivity index (χ4n) is 2.25. The third-order valence-electron chi connectivity index (χ3n) is 4.38. The highest BCUT2D eigenvalue weighted by Crippen LogP contribution is 2.52. The summed E-state index contributed by atoms with van der Waals surface area (Å²) in [4.78, 5) is 0. The number of ether oxygens (including phenoxy) is 1. The molecule has 15 heavy (non-hydrogen) atoms. The van der Waals surface area contributed by atoms with Crippen molar-refractivity contribution in [3.63, 3.8) is 0 Å². The number of para-hydroxylation sites is 1. The molecule has 1 aromatic rings. The van der Waals surface area contributed by atoms with Gasteiger partial charge in [0.05, 0.1) is 0 Å². The van der Waals surface area contributed by atoms with Crippen LogP contribution in [0.4, 0.5) is 0 Å². The van der Waals surface area contributed by atoms with E-state index in [-0.39, 0.29) is 11.0 Å². The molecule has 0 amide bonds. The maximum atomic E-state index is 6.10. The van der Waals surface area contributed by atoms with E-state index in [2.05, 4.69) is 52.8 Å². The molecule has 0 saturated carbocycles. The lowest BCUT2D eigenvalue weighted by Gasteiger charge is -2.50. The molecule has 1 aliphatic rings. The minimum absolute atomic E-state index is 0.110. The predicted octanol–water partition coefficient (Wildman–Crippen LogP) is 3.99. The van der Waals surface area contributed by atoms with Crippen molar-refractivity contribution in [1.82, 2.24) is 0 Å². The molecule has 82 valence electrons. The molecule has 1 aliphatic heterocycles. The molecule has 0 radical (unpaired) electrons. The van der Waals surface area contributed by atoms with E-state index in [1.165, 1.54) is 5.56 Å². The Labute approximate surface area is 92.5 Å². The highest BCUT2D eigenvalue weighted by atomic mass is 16.5. The Bertz CT molecular complexity index is 377. The third kappa shape index (κ3) is 1.37. The first-order valence-electron chi connectivity index (χ1n) is 5.64. The summed E-state index contributed by atoms with van der Waals surface area (Å²) in [6.45, 7) is 11.2. The van der Waals surface area contributed by atoms with Crippen molar-refractivity contribution < 1.29 is 4.74 Å².